The van der Waals surface area contributed by atoms with Gasteiger partial charge in [-0.25, -0.2) is 4.79 Å². The number of ether oxygens (including phenoxy) is 1. The number of nitrogens with zero attached hydrogens (tertiary/aromatic N) is 1. The Labute approximate surface area is 123 Å². The predicted octanol–water partition coefficient (Wildman–Crippen LogP) is 2.10. The standard InChI is InChI=1S/C16H31N2O2/c1-8-14(19)20-10-9-17-13-11-15(2,3)18(6,7)16(4,5)12-13/h8,13,17H,1,9-12H2,2-7H3/q+1. The third kappa shape index (κ3) is 3.41. The van der Waals surface area contributed by atoms with Gasteiger partial charge in [0.15, 0.2) is 0 Å². The number of esters is 1. The summed E-state index contributed by atoms with van der Waals surface area (Å²) in [7, 11) is 4.64. The fourth-order valence-electron chi connectivity index (χ4n) is 3.17. The molecule has 1 aliphatic rings. The Balaban J connectivity index is 2.54. The molecular formula is C16H31N2O2+. The normalized spacial score (nSPS) is 24.1. The molecule has 0 atom stereocenters. The van der Waals surface area contributed by atoms with Gasteiger partial charge in [0, 0.05) is 31.5 Å². The van der Waals surface area contributed by atoms with Crippen LogP contribution in [0.15, 0.2) is 12.7 Å². The van der Waals surface area contributed by atoms with Gasteiger partial charge in [-0.2, -0.15) is 0 Å². The van der Waals surface area contributed by atoms with Crippen LogP contribution in [0, 0.1) is 0 Å². The van der Waals surface area contributed by atoms with E-state index in [1.54, 1.807) is 0 Å². The summed E-state index contributed by atoms with van der Waals surface area (Å²) in [5.41, 5.74) is 0.439. The second-order valence-corrected chi connectivity index (χ2v) is 7.51. The Morgan fingerprint density at radius 3 is 2.25 bits per heavy atom. The molecule has 1 fully saturated rings. The first kappa shape index (κ1) is 17.2. The van der Waals surface area contributed by atoms with Crippen molar-refractivity contribution in [2.45, 2.75) is 57.7 Å². The molecular weight excluding hydrogens is 252 g/mol. The summed E-state index contributed by atoms with van der Waals surface area (Å²) in [5, 5.41) is 3.53. The third-order valence-electron chi connectivity index (χ3n) is 5.46. The molecule has 0 aliphatic carbocycles. The minimum atomic E-state index is -0.353. The van der Waals surface area contributed by atoms with Crippen LogP contribution in [0.25, 0.3) is 0 Å². The van der Waals surface area contributed by atoms with Crippen LogP contribution in [0.4, 0.5) is 0 Å². The fourth-order valence-corrected chi connectivity index (χ4v) is 3.17. The molecule has 116 valence electrons. The molecule has 0 unspecified atom stereocenters. The molecule has 0 spiro atoms. The summed E-state index contributed by atoms with van der Waals surface area (Å²) in [4.78, 5) is 11.0. The predicted molar refractivity (Wildman–Crippen MR) is 82.4 cm³/mol. The van der Waals surface area contributed by atoms with Crippen molar-refractivity contribution >= 4 is 5.97 Å². The maximum atomic E-state index is 11.0. The maximum Gasteiger partial charge on any atom is 0.330 e. The van der Waals surface area contributed by atoms with Crippen molar-refractivity contribution in [1.82, 2.24) is 5.32 Å². The highest BCUT2D eigenvalue weighted by atomic mass is 16.5. The van der Waals surface area contributed by atoms with E-state index in [2.05, 4.69) is 53.7 Å². The number of likely N-dealkylation sites (tertiary alicyclic amines) is 1. The van der Waals surface area contributed by atoms with E-state index in [4.69, 9.17) is 4.74 Å². The lowest BCUT2D eigenvalue weighted by Gasteiger charge is -2.59. The Kier molecular flexibility index (Phi) is 5.03. The van der Waals surface area contributed by atoms with E-state index in [0.717, 1.165) is 17.3 Å². The van der Waals surface area contributed by atoms with Crippen LogP contribution in [0.2, 0.25) is 0 Å². The Hall–Kier alpha value is -0.870. The van der Waals surface area contributed by atoms with Gasteiger partial charge in [-0.1, -0.05) is 6.58 Å². The van der Waals surface area contributed by atoms with Gasteiger partial charge in [0.25, 0.3) is 0 Å². The zero-order valence-corrected chi connectivity index (χ0v) is 14.0. The molecule has 0 radical (unpaired) electrons. The first-order chi connectivity index (χ1) is 9.03. The molecule has 4 nitrogen and oxygen atoms in total. The zero-order chi connectivity index (χ0) is 15.6. The van der Waals surface area contributed by atoms with Crippen LogP contribution in [0.3, 0.4) is 0 Å². The average Bonchev–Trinajstić information content (AvgIpc) is 2.31. The number of carbonyl (C=O) groups is 1. The molecule has 0 amide bonds. The molecule has 0 aromatic heterocycles. The quantitative estimate of drug-likeness (QED) is 0.363. The van der Waals surface area contributed by atoms with Gasteiger partial charge < -0.3 is 14.5 Å². The van der Waals surface area contributed by atoms with E-state index in [1.165, 1.54) is 6.08 Å². The number of carbonyl (C=O) groups excluding carboxylic acids is 1. The molecule has 1 saturated heterocycles. The molecule has 20 heavy (non-hydrogen) atoms. The smallest absolute Gasteiger partial charge is 0.330 e. The van der Waals surface area contributed by atoms with E-state index in [0.29, 0.717) is 19.2 Å². The molecule has 1 heterocycles. The molecule has 1 N–H and O–H groups in total. The van der Waals surface area contributed by atoms with Crippen molar-refractivity contribution in [3.05, 3.63) is 12.7 Å². The Morgan fingerprint density at radius 2 is 1.80 bits per heavy atom. The van der Waals surface area contributed by atoms with E-state index in [1.807, 2.05) is 0 Å². The van der Waals surface area contributed by atoms with Crippen molar-refractivity contribution in [3.63, 3.8) is 0 Å². The summed E-state index contributed by atoms with van der Waals surface area (Å²) in [6.07, 6.45) is 3.45. The monoisotopic (exact) mass is 283 g/mol. The van der Waals surface area contributed by atoms with Crippen LogP contribution < -0.4 is 5.32 Å². The summed E-state index contributed by atoms with van der Waals surface area (Å²) in [5.74, 6) is -0.353. The Bertz CT molecular complexity index is 353. The minimum absolute atomic E-state index is 0.219. The SMILES string of the molecule is C=CC(=O)OCCNC1CC(C)(C)[N+](C)(C)C(C)(C)C1. The Morgan fingerprint density at radius 1 is 1.30 bits per heavy atom. The van der Waals surface area contributed by atoms with E-state index < -0.39 is 0 Å². The molecule has 1 aliphatic heterocycles. The van der Waals surface area contributed by atoms with Crippen LogP contribution in [-0.4, -0.2) is 54.8 Å². The van der Waals surface area contributed by atoms with E-state index in [9.17, 15) is 4.79 Å². The van der Waals surface area contributed by atoms with Crippen LogP contribution in [-0.2, 0) is 9.53 Å². The van der Waals surface area contributed by atoms with E-state index >= 15 is 0 Å². The van der Waals surface area contributed by atoms with Crippen LogP contribution in [0.5, 0.6) is 0 Å². The van der Waals surface area contributed by atoms with Crippen molar-refractivity contribution < 1.29 is 14.0 Å². The third-order valence-corrected chi connectivity index (χ3v) is 5.46. The maximum absolute atomic E-state index is 11.0. The van der Waals surface area contributed by atoms with Gasteiger partial charge in [-0.15, -0.1) is 0 Å². The largest absolute Gasteiger partial charge is 0.461 e. The lowest BCUT2D eigenvalue weighted by molar-refractivity contribution is -0.987. The minimum Gasteiger partial charge on any atom is -0.461 e. The second kappa shape index (κ2) is 5.86. The lowest BCUT2D eigenvalue weighted by Crippen LogP contribution is -2.72. The molecule has 0 bridgehead atoms. The van der Waals surface area contributed by atoms with Gasteiger partial charge in [0.2, 0.25) is 0 Å². The highest BCUT2D eigenvalue weighted by Crippen LogP contribution is 2.42. The summed E-state index contributed by atoms with van der Waals surface area (Å²) in [6, 6.07) is 0.466. The van der Waals surface area contributed by atoms with Crippen molar-refractivity contribution in [2.75, 3.05) is 27.2 Å². The first-order valence-electron chi connectivity index (χ1n) is 7.40. The average molecular weight is 283 g/mol. The van der Waals surface area contributed by atoms with Crippen molar-refractivity contribution in [2.24, 2.45) is 0 Å². The van der Waals surface area contributed by atoms with Gasteiger partial charge in [-0.3, -0.25) is 0 Å². The number of rotatable bonds is 5. The zero-order valence-electron chi connectivity index (χ0n) is 14.0. The summed E-state index contributed by atoms with van der Waals surface area (Å²) >= 11 is 0. The van der Waals surface area contributed by atoms with Crippen LogP contribution in [0.1, 0.15) is 40.5 Å². The topological polar surface area (TPSA) is 38.3 Å². The molecule has 4 heteroatoms. The molecule has 0 aromatic carbocycles. The number of quaternary nitrogens is 1. The van der Waals surface area contributed by atoms with Crippen molar-refractivity contribution in [3.8, 4) is 0 Å². The number of piperidine rings is 1. The highest BCUT2D eigenvalue weighted by Gasteiger charge is 2.53. The number of hydrogen-bond acceptors (Lipinski definition) is 3. The number of nitrogens with one attached hydrogen (secondary N) is 1. The molecule has 1 rings (SSSR count). The summed E-state index contributed by atoms with van der Waals surface area (Å²) < 4.78 is 6.02. The first-order valence-corrected chi connectivity index (χ1v) is 7.40. The van der Waals surface area contributed by atoms with E-state index in [-0.39, 0.29) is 17.0 Å². The molecule has 0 aromatic rings. The van der Waals surface area contributed by atoms with Gasteiger partial charge in [0.1, 0.15) is 6.61 Å². The highest BCUT2D eigenvalue weighted by molar-refractivity contribution is 5.81. The van der Waals surface area contributed by atoms with Gasteiger partial charge in [0.05, 0.1) is 25.2 Å². The molecule has 0 saturated carbocycles. The van der Waals surface area contributed by atoms with Gasteiger partial charge >= 0.3 is 5.97 Å². The van der Waals surface area contributed by atoms with Crippen LogP contribution >= 0.6 is 0 Å². The summed E-state index contributed by atoms with van der Waals surface area (Å²) in [6.45, 7) is 13.8. The number of hydrogen-bond donors (Lipinski definition) is 1. The lowest BCUT2D eigenvalue weighted by atomic mass is 9.75. The second-order valence-electron chi connectivity index (χ2n) is 7.51. The van der Waals surface area contributed by atoms with Crippen molar-refractivity contribution in [1.29, 1.82) is 0 Å². The van der Waals surface area contributed by atoms with Gasteiger partial charge in [-0.05, 0) is 27.7 Å². The fraction of sp³-hybridized carbons (Fsp3) is 0.812.